The van der Waals surface area contributed by atoms with E-state index in [1.54, 1.807) is 18.2 Å². The first-order valence-electron chi connectivity index (χ1n) is 6.28. The number of halogens is 2. The van der Waals surface area contributed by atoms with E-state index in [2.05, 4.69) is 6.92 Å². The summed E-state index contributed by atoms with van der Waals surface area (Å²) in [6.45, 7) is 2.17. The van der Waals surface area contributed by atoms with Crippen molar-refractivity contribution in [3.05, 3.63) is 33.8 Å². The molecule has 1 aliphatic carbocycles. The van der Waals surface area contributed by atoms with Crippen molar-refractivity contribution >= 4 is 23.2 Å². The summed E-state index contributed by atoms with van der Waals surface area (Å²) in [5.74, 6) is 0.604. The molecule has 0 aromatic heterocycles. The number of benzene rings is 1. The first-order valence-corrected chi connectivity index (χ1v) is 7.03. The third-order valence-electron chi connectivity index (χ3n) is 3.90. The van der Waals surface area contributed by atoms with Gasteiger partial charge in [0.15, 0.2) is 0 Å². The van der Waals surface area contributed by atoms with E-state index in [4.69, 9.17) is 23.2 Å². The third kappa shape index (κ3) is 2.83. The highest BCUT2D eigenvalue weighted by Crippen LogP contribution is 2.42. The van der Waals surface area contributed by atoms with Crippen molar-refractivity contribution in [2.24, 2.45) is 5.92 Å². The standard InChI is InChI=1S/C14H18Cl2O2/c1-9-4-6-14(18,7-5-9)13(17)11-8-10(15)2-3-12(11)16/h2-3,8-9,13,17-18H,4-7H2,1H3. The molecule has 2 nitrogen and oxygen atoms in total. The van der Waals surface area contributed by atoms with Crippen LogP contribution in [-0.4, -0.2) is 15.8 Å². The van der Waals surface area contributed by atoms with Gasteiger partial charge in [-0.2, -0.15) is 0 Å². The quantitative estimate of drug-likeness (QED) is 0.865. The molecular formula is C14H18Cl2O2. The molecule has 0 aliphatic heterocycles. The fourth-order valence-corrected chi connectivity index (χ4v) is 2.95. The first-order chi connectivity index (χ1) is 8.42. The Hall–Kier alpha value is -0.280. The van der Waals surface area contributed by atoms with Crippen LogP contribution < -0.4 is 0 Å². The summed E-state index contributed by atoms with van der Waals surface area (Å²) in [6, 6.07) is 4.95. The Morgan fingerprint density at radius 2 is 1.89 bits per heavy atom. The van der Waals surface area contributed by atoms with Crippen LogP contribution in [0, 0.1) is 5.92 Å². The highest BCUT2D eigenvalue weighted by atomic mass is 35.5. The van der Waals surface area contributed by atoms with E-state index in [0.717, 1.165) is 12.8 Å². The van der Waals surface area contributed by atoms with Crippen LogP contribution >= 0.6 is 23.2 Å². The smallest absolute Gasteiger partial charge is 0.109 e. The molecule has 1 saturated carbocycles. The highest BCUT2D eigenvalue weighted by molar-refractivity contribution is 6.33. The second-order valence-corrected chi connectivity index (χ2v) is 6.20. The van der Waals surface area contributed by atoms with Crippen LogP contribution in [-0.2, 0) is 0 Å². The number of aliphatic hydroxyl groups is 2. The summed E-state index contributed by atoms with van der Waals surface area (Å²) in [4.78, 5) is 0. The largest absolute Gasteiger partial charge is 0.387 e. The average Bonchev–Trinajstić information content (AvgIpc) is 2.35. The predicted octanol–water partition coefficient (Wildman–Crippen LogP) is 3.97. The molecule has 1 atom stereocenters. The lowest BCUT2D eigenvalue weighted by molar-refractivity contribution is -0.105. The molecule has 1 unspecified atom stereocenters. The molecule has 2 rings (SSSR count). The van der Waals surface area contributed by atoms with E-state index < -0.39 is 11.7 Å². The lowest BCUT2D eigenvalue weighted by Crippen LogP contribution is -2.40. The second-order valence-electron chi connectivity index (χ2n) is 5.35. The Morgan fingerprint density at radius 3 is 2.50 bits per heavy atom. The zero-order valence-electron chi connectivity index (χ0n) is 10.4. The van der Waals surface area contributed by atoms with Crippen LogP contribution in [0.2, 0.25) is 10.0 Å². The molecule has 1 fully saturated rings. The van der Waals surface area contributed by atoms with Gasteiger partial charge in [-0.1, -0.05) is 30.1 Å². The zero-order chi connectivity index (χ0) is 13.3. The maximum Gasteiger partial charge on any atom is 0.109 e. The van der Waals surface area contributed by atoms with E-state index in [1.165, 1.54) is 0 Å². The lowest BCUT2D eigenvalue weighted by atomic mass is 9.75. The van der Waals surface area contributed by atoms with Crippen LogP contribution in [0.1, 0.15) is 44.3 Å². The lowest BCUT2D eigenvalue weighted by Gasteiger charge is -2.38. The van der Waals surface area contributed by atoms with Crippen molar-refractivity contribution in [2.75, 3.05) is 0 Å². The first kappa shape index (κ1) is 14.1. The minimum absolute atomic E-state index is 0.443. The van der Waals surface area contributed by atoms with Crippen LogP contribution in [0.4, 0.5) is 0 Å². The fraction of sp³-hybridized carbons (Fsp3) is 0.571. The minimum Gasteiger partial charge on any atom is -0.387 e. The van der Waals surface area contributed by atoms with Crippen molar-refractivity contribution in [3.8, 4) is 0 Å². The third-order valence-corrected chi connectivity index (χ3v) is 4.48. The Kier molecular flexibility index (Phi) is 4.22. The van der Waals surface area contributed by atoms with Crippen molar-refractivity contribution in [1.29, 1.82) is 0 Å². The number of hydrogen-bond donors (Lipinski definition) is 2. The zero-order valence-corrected chi connectivity index (χ0v) is 11.9. The van der Waals surface area contributed by atoms with Gasteiger partial charge in [-0.3, -0.25) is 0 Å². The second kappa shape index (κ2) is 5.38. The molecule has 1 aromatic carbocycles. The van der Waals surface area contributed by atoms with Crippen molar-refractivity contribution in [1.82, 2.24) is 0 Å². The molecule has 100 valence electrons. The molecule has 0 radical (unpaired) electrons. The SMILES string of the molecule is CC1CCC(O)(C(O)c2cc(Cl)ccc2Cl)CC1. The maximum atomic E-state index is 10.6. The molecular weight excluding hydrogens is 271 g/mol. The molecule has 1 aliphatic rings. The topological polar surface area (TPSA) is 40.5 Å². The molecule has 0 saturated heterocycles. The van der Waals surface area contributed by atoms with Gasteiger partial charge < -0.3 is 10.2 Å². The van der Waals surface area contributed by atoms with Gasteiger partial charge in [-0.25, -0.2) is 0 Å². The van der Waals surface area contributed by atoms with Gasteiger partial charge in [0.05, 0.1) is 5.60 Å². The summed E-state index contributed by atoms with van der Waals surface area (Å²) in [7, 11) is 0. The van der Waals surface area contributed by atoms with E-state index in [-0.39, 0.29) is 0 Å². The molecule has 0 amide bonds. The average molecular weight is 289 g/mol. The van der Waals surface area contributed by atoms with Gasteiger partial charge in [-0.05, 0) is 49.8 Å². The monoisotopic (exact) mass is 288 g/mol. The summed E-state index contributed by atoms with van der Waals surface area (Å²) in [5.41, 5.74) is -0.567. The Bertz CT molecular complexity index is 426. The van der Waals surface area contributed by atoms with Gasteiger partial charge >= 0.3 is 0 Å². The predicted molar refractivity (Wildman–Crippen MR) is 74.0 cm³/mol. The van der Waals surface area contributed by atoms with Crippen molar-refractivity contribution in [2.45, 2.75) is 44.3 Å². The van der Waals surface area contributed by atoms with Crippen LogP contribution in [0.15, 0.2) is 18.2 Å². The fourth-order valence-electron chi connectivity index (χ4n) is 2.55. The van der Waals surface area contributed by atoms with Crippen LogP contribution in [0.5, 0.6) is 0 Å². The van der Waals surface area contributed by atoms with Crippen molar-refractivity contribution < 1.29 is 10.2 Å². The van der Waals surface area contributed by atoms with Gasteiger partial charge in [0.1, 0.15) is 6.10 Å². The van der Waals surface area contributed by atoms with Crippen LogP contribution in [0.25, 0.3) is 0 Å². The van der Waals surface area contributed by atoms with Crippen molar-refractivity contribution in [3.63, 3.8) is 0 Å². The van der Waals surface area contributed by atoms with Gasteiger partial charge in [-0.15, -0.1) is 0 Å². The number of hydrogen-bond acceptors (Lipinski definition) is 2. The summed E-state index contributed by atoms with van der Waals surface area (Å²) >= 11 is 12.0. The summed E-state index contributed by atoms with van der Waals surface area (Å²) in [5, 5.41) is 21.9. The van der Waals surface area contributed by atoms with E-state index >= 15 is 0 Å². The van der Waals surface area contributed by atoms with Gasteiger partial charge in [0.25, 0.3) is 0 Å². The number of rotatable bonds is 2. The van der Waals surface area contributed by atoms with E-state index in [9.17, 15) is 10.2 Å². The molecule has 2 N–H and O–H groups in total. The van der Waals surface area contributed by atoms with E-state index in [1.807, 2.05) is 0 Å². The molecule has 0 bridgehead atoms. The normalized spacial score (nSPS) is 30.2. The molecule has 0 heterocycles. The molecule has 18 heavy (non-hydrogen) atoms. The maximum absolute atomic E-state index is 10.6. The van der Waals surface area contributed by atoms with E-state index in [0.29, 0.717) is 34.4 Å². The molecule has 4 heteroatoms. The van der Waals surface area contributed by atoms with Gasteiger partial charge in [0.2, 0.25) is 0 Å². The Labute approximate surface area is 118 Å². The Balaban J connectivity index is 2.24. The Morgan fingerprint density at radius 1 is 1.28 bits per heavy atom. The molecule has 1 aromatic rings. The van der Waals surface area contributed by atoms with Gasteiger partial charge in [0, 0.05) is 15.6 Å². The minimum atomic E-state index is -1.08. The summed E-state index contributed by atoms with van der Waals surface area (Å²) in [6.07, 6.45) is 2.06. The van der Waals surface area contributed by atoms with Crippen LogP contribution in [0.3, 0.4) is 0 Å². The molecule has 0 spiro atoms. The number of aliphatic hydroxyl groups excluding tert-OH is 1. The highest BCUT2D eigenvalue weighted by Gasteiger charge is 2.40. The summed E-state index contributed by atoms with van der Waals surface area (Å²) < 4.78 is 0.